The van der Waals surface area contributed by atoms with Gasteiger partial charge in [-0.1, -0.05) is 54.6 Å². The van der Waals surface area contributed by atoms with E-state index in [0.717, 1.165) is 22.3 Å². The van der Waals surface area contributed by atoms with Gasteiger partial charge in [-0.3, -0.25) is 9.59 Å². The number of anilines is 1. The summed E-state index contributed by atoms with van der Waals surface area (Å²) >= 11 is 0. The van der Waals surface area contributed by atoms with Crippen LogP contribution in [0.4, 0.5) is 10.5 Å². The molecule has 3 aromatic carbocycles. The van der Waals surface area contributed by atoms with E-state index in [-0.39, 0.29) is 25.4 Å². The fourth-order valence-corrected chi connectivity index (χ4v) is 4.25. The summed E-state index contributed by atoms with van der Waals surface area (Å²) in [7, 11) is 1.51. The number of methoxy groups -OCH3 is 1. The highest BCUT2D eigenvalue weighted by atomic mass is 16.5. The van der Waals surface area contributed by atoms with Crippen molar-refractivity contribution in [3.8, 4) is 16.9 Å². The number of ether oxygens (including phenoxy) is 2. The molecule has 1 unspecified atom stereocenters. The summed E-state index contributed by atoms with van der Waals surface area (Å²) in [5, 5.41) is 14.3. The van der Waals surface area contributed by atoms with Crippen molar-refractivity contribution < 1.29 is 29.0 Å². The molecule has 4 rings (SSSR count). The summed E-state index contributed by atoms with van der Waals surface area (Å²) in [5.74, 6) is -1.20. The molecule has 3 N–H and O–H groups in total. The van der Waals surface area contributed by atoms with Crippen molar-refractivity contribution in [3.63, 3.8) is 0 Å². The number of alkyl carbamates (subject to hydrolysis) is 1. The zero-order chi connectivity index (χ0) is 24.8. The van der Waals surface area contributed by atoms with Gasteiger partial charge in [-0.15, -0.1) is 0 Å². The highest BCUT2D eigenvalue weighted by molar-refractivity contribution is 5.97. The number of carbonyl (C=O) groups is 3. The Balaban J connectivity index is 1.42. The average molecular weight is 475 g/mol. The van der Waals surface area contributed by atoms with Crippen molar-refractivity contribution in [2.24, 2.45) is 0 Å². The first kappa shape index (κ1) is 23.8. The van der Waals surface area contributed by atoms with E-state index in [2.05, 4.69) is 10.6 Å². The Bertz CT molecular complexity index is 1200. The number of carboxylic acid groups (broad SMARTS) is 1. The predicted octanol–water partition coefficient (Wildman–Crippen LogP) is 4.41. The molecule has 0 fully saturated rings. The quantitative estimate of drug-likeness (QED) is 0.423. The molecule has 0 spiro atoms. The number of aliphatic carboxylic acids is 1. The molecule has 35 heavy (non-hydrogen) atoms. The lowest BCUT2D eigenvalue weighted by molar-refractivity contribution is -0.137. The van der Waals surface area contributed by atoms with E-state index in [4.69, 9.17) is 14.6 Å². The molecule has 8 nitrogen and oxygen atoms in total. The van der Waals surface area contributed by atoms with Crippen molar-refractivity contribution in [1.29, 1.82) is 0 Å². The van der Waals surface area contributed by atoms with Gasteiger partial charge in [-0.25, -0.2) is 4.79 Å². The maximum atomic E-state index is 12.8. The van der Waals surface area contributed by atoms with Crippen LogP contribution in [0.5, 0.6) is 5.75 Å². The number of amides is 2. The Morgan fingerprint density at radius 2 is 1.60 bits per heavy atom. The molecule has 2 amide bonds. The fraction of sp³-hybridized carbons (Fsp3) is 0.222. The Morgan fingerprint density at radius 1 is 0.943 bits per heavy atom. The van der Waals surface area contributed by atoms with Crippen LogP contribution in [0.15, 0.2) is 72.8 Å². The summed E-state index contributed by atoms with van der Waals surface area (Å²) in [5.41, 5.74) is 4.81. The fourth-order valence-electron chi connectivity index (χ4n) is 4.25. The van der Waals surface area contributed by atoms with Gasteiger partial charge in [-0.2, -0.15) is 0 Å². The van der Waals surface area contributed by atoms with E-state index < -0.39 is 24.0 Å². The second kappa shape index (κ2) is 10.7. The van der Waals surface area contributed by atoms with Gasteiger partial charge >= 0.3 is 12.1 Å². The van der Waals surface area contributed by atoms with Gasteiger partial charge in [0.15, 0.2) is 0 Å². The van der Waals surface area contributed by atoms with Gasteiger partial charge in [-0.05, 0) is 40.8 Å². The van der Waals surface area contributed by atoms with Crippen LogP contribution >= 0.6 is 0 Å². The van der Waals surface area contributed by atoms with E-state index in [1.54, 1.807) is 24.3 Å². The third-order valence-electron chi connectivity index (χ3n) is 5.94. The van der Waals surface area contributed by atoms with Gasteiger partial charge in [0.2, 0.25) is 5.91 Å². The zero-order valence-electron chi connectivity index (χ0n) is 19.2. The number of hydrogen-bond donors (Lipinski definition) is 3. The minimum Gasteiger partial charge on any atom is -0.497 e. The second-order valence-electron chi connectivity index (χ2n) is 8.18. The third-order valence-corrected chi connectivity index (χ3v) is 5.94. The molecule has 1 aliphatic rings. The van der Waals surface area contributed by atoms with E-state index in [1.807, 2.05) is 48.5 Å². The van der Waals surface area contributed by atoms with Crippen LogP contribution in [-0.2, 0) is 14.3 Å². The van der Waals surface area contributed by atoms with E-state index in [9.17, 15) is 14.4 Å². The van der Waals surface area contributed by atoms with Gasteiger partial charge in [0, 0.05) is 24.1 Å². The largest absolute Gasteiger partial charge is 0.497 e. The maximum Gasteiger partial charge on any atom is 0.407 e. The molecule has 0 heterocycles. The number of carboxylic acids is 1. The van der Waals surface area contributed by atoms with Crippen LogP contribution < -0.4 is 15.4 Å². The van der Waals surface area contributed by atoms with Crippen molar-refractivity contribution in [1.82, 2.24) is 5.32 Å². The normalized spacial score (nSPS) is 12.7. The number of benzene rings is 3. The van der Waals surface area contributed by atoms with E-state index in [1.165, 1.54) is 7.11 Å². The zero-order valence-corrected chi connectivity index (χ0v) is 19.2. The molecule has 1 aliphatic carbocycles. The summed E-state index contributed by atoms with van der Waals surface area (Å²) < 4.78 is 10.7. The van der Waals surface area contributed by atoms with Crippen LogP contribution in [0.2, 0.25) is 0 Å². The lowest BCUT2D eigenvalue weighted by Crippen LogP contribution is -2.44. The number of fused-ring (bicyclic) bond motifs is 3. The highest BCUT2D eigenvalue weighted by Gasteiger charge is 2.30. The van der Waals surface area contributed by atoms with Crippen LogP contribution in [0, 0.1) is 0 Å². The number of carbonyl (C=O) groups excluding carboxylic acids is 2. The van der Waals surface area contributed by atoms with Crippen molar-refractivity contribution in [2.75, 3.05) is 19.0 Å². The second-order valence-corrected chi connectivity index (χ2v) is 8.18. The molecule has 3 aromatic rings. The molecule has 180 valence electrons. The Morgan fingerprint density at radius 3 is 2.23 bits per heavy atom. The molecule has 0 aliphatic heterocycles. The summed E-state index contributed by atoms with van der Waals surface area (Å²) in [6.07, 6.45) is -1.17. The molecule has 1 atom stereocenters. The van der Waals surface area contributed by atoms with Gasteiger partial charge in [0.25, 0.3) is 0 Å². The minimum absolute atomic E-state index is 0.0863. The standard InChI is InChI=1S/C27H26N2O6/c1-34-18-8-6-7-17(15-18)28-26(32)24(13-14-25(30)31)29-27(33)35-16-23-21-11-4-2-9-19(21)20-10-3-5-12-22(20)23/h2-12,15,23-24H,13-14,16H2,1H3,(H,28,32)(H,29,33)(H,30,31). The smallest absolute Gasteiger partial charge is 0.407 e. The minimum atomic E-state index is -1.09. The molecule has 0 radical (unpaired) electrons. The average Bonchev–Trinajstić information content (AvgIpc) is 3.19. The Kier molecular flexibility index (Phi) is 7.30. The molecule has 0 saturated heterocycles. The lowest BCUT2D eigenvalue weighted by atomic mass is 9.98. The van der Waals surface area contributed by atoms with E-state index >= 15 is 0 Å². The number of hydrogen-bond acceptors (Lipinski definition) is 5. The molecule has 8 heteroatoms. The summed E-state index contributed by atoms with van der Waals surface area (Å²) in [6.45, 7) is 0.0863. The van der Waals surface area contributed by atoms with Crippen LogP contribution in [0.25, 0.3) is 11.1 Å². The van der Waals surface area contributed by atoms with Crippen molar-refractivity contribution >= 4 is 23.7 Å². The van der Waals surface area contributed by atoms with Gasteiger partial charge < -0.3 is 25.2 Å². The Hall–Kier alpha value is -4.33. The van der Waals surface area contributed by atoms with Crippen LogP contribution in [-0.4, -0.2) is 42.8 Å². The van der Waals surface area contributed by atoms with Gasteiger partial charge in [0.05, 0.1) is 7.11 Å². The number of nitrogens with one attached hydrogen (secondary N) is 2. The van der Waals surface area contributed by atoms with Crippen molar-refractivity contribution in [2.45, 2.75) is 24.8 Å². The first-order chi connectivity index (χ1) is 17.0. The van der Waals surface area contributed by atoms with Crippen molar-refractivity contribution in [3.05, 3.63) is 83.9 Å². The monoisotopic (exact) mass is 474 g/mol. The molecule has 0 bridgehead atoms. The highest BCUT2D eigenvalue weighted by Crippen LogP contribution is 2.44. The molecular weight excluding hydrogens is 448 g/mol. The summed E-state index contributed by atoms with van der Waals surface area (Å²) in [6, 6.07) is 21.6. The molecule has 0 aromatic heterocycles. The first-order valence-electron chi connectivity index (χ1n) is 11.2. The molecule has 0 saturated carbocycles. The van der Waals surface area contributed by atoms with E-state index in [0.29, 0.717) is 11.4 Å². The predicted molar refractivity (Wildman–Crippen MR) is 130 cm³/mol. The topological polar surface area (TPSA) is 114 Å². The number of rotatable bonds is 9. The lowest BCUT2D eigenvalue weighted by Gasteiger charge is -2.19. The molecular formula is C27H26N2O6. The Labute approximate surface area is 202 Å². The van der Waals surface area contributed by atoms with Gasteiger partial charge in [0.1, 0.15) is 18.4 Å². The maximum absolute atomic E-state index is 12.8. The summed E-state index contributed by atoms with van der Waals surface area (Å²) in [4.78, 5) is 36.6. The van der Waals surface area contributed by atoms with Crippen LogP contribution in [0.3, 0.4) is 0 Å². The third kappa shape index (κ3) is 5.60. The first-order valence-corrected chi connectivity index (χ1v) is 11.2. The SMILES string of the molecule is COc1cccc(NC(=O)C(CCC(=O)O)NC(=O)OCC2c3ccccc3-c3ccccc32)c1. The van der Waals surface area contributed by atoms with Crippen LogP contribution in [0.1, 0.15) is 29.9 Å².